The van der Waals surface area contributed by atoms with Crippen LogP contribution in [0.1, 0.15) is 5.56 Å². The molecular weight excluding hydrogens is 258 g/mol. The number of nitrogens with zero attached hydrogens (tertiary/aromatic N) is 2. The first kappa shape index (κ1) is 13.7. The molecule has 6 heteroatoms. The maximum Gasteiger partial charge on any atom is 0.250 e. The van der Waals surface area contributed by atoms with Crippen molar-refractivity contribution in [3.8, 4) is 5.75 Å². The Bertz CT molecular complexity index is 664. The molecule has 3 N–H and O–H groups in total. The number of pyridine rings is 1. The van der Waals surface area contributed by atoms with Gasteiger partial charge in [0.25, 0.3) is 5.56 Å². The lowest BCUT2D eigenvalue weighted by Crippen LogP contribution is -2.22. The van der Waals surface area contributed by atoms with E-state index < -0.39 is 0 Å². The van der Waals surface area contributed by atoms with Crippen LogP contribution in [0.5, 0.6) is 5.75 Å². The average Bonchev–Trinajstić information content (AvgIpc) is 2.49. The quantitative estimate of drug-likeness (QED) is 0.368. The fraction of sp³-hybridized carbons (Fsp3) is 0.143. The van der Waals surface area contributed by atoms with Gasteiger partial charge in [-0.15, -0.1) is 0 Å². The van der Waals surface area contributed by atoms with Crippen molar-refractivity contribution in [2.75, 3.05) is 6.61 Å². The SMILES string of the molecule is N/C(=N/O)c1ccccc1OCCn1ccccc1=O. The highest BCUT2D eigenvalue weighted by atomic mass is 16.5. The number of oxime groups is 1. The summed E-state index contributed by atoms with van der Waals surface area (Å²) in [5.74, 6) is 0.490. The molecule has 1 aromatic heterocycles. The molecule has 0 saturated carbocycles. The highest BCUT2D eigenvalue weighted by Crippen LogP contribution is 2.17. The van der Waals surface area contributed by atoms with E-state index in [1.54, 1.807) is 47.2 Å². The van der Waals surface area contributed by atoms with Crippen molar-refractivity contribution >= 4 is 5.84 Å². The van der Waals surface area contributed by atoms with Crippen molar-refractivity contribution in [1.82, 2.24) is 4.57 Å². The van der Waals surface area contributed by atoms with Crippen molar-refractivity contribution in [3.05, 3.63) is 64.6 Å². The van der Waals surface area contributed by atoms with E-state index in [1.807, 2.05) is 0 Å². The van der Waals surface area contributed by atoms with Crippen LogP contribution in [0.25, 0.3) is 0 Å². The minimum atomic E-state index is -0.0826. The van der Waals surface area contributed by atoms with Crippen LogP contribution in [0.4, 0.5) is 0 Å². The number of amidine groups is 1. The van der Waals surface area contributed by atoms with E-state index in [-0.39, 0.29) is 11.4 Å². The third kappa shape index (κ3) is 3.17. The number of aromatic nitrogens is 1. The fourth-order valence-corrected chi connectivity index (χ4v) is 1.76. The highest BCUT2D eigenvalue weighted by Gasteiger charge is 2.07. The van der Waals surface area contributed by atoms with Gasteiger partial charge in [0.1, 0.15) is 12.4 Å². The summed E-state index contributed by atoms with van der Waals surface area (Å²) in [6.07, 6.45) is 1.70. The van der Waals surface area contributed by atoms with E-state index >= 15 is 0 Å². The van der Waals surface area contributed by atoms with Crippen molar-refractivity contribution in [3.63, 3.8) is 0 Å². The number of rotatable bonds is 5. The van der Waals surface area contributed by atoms with E-state index in [4.69, 9.17) is 15.7 Å². The van der Waals surface area contributed by atoms with Crippen molar-refractivity contribution < 1.29 is 9.94 Å². The largest absolute Gasteiger partial charge is 0.491 e. The maximum absolute atomic E-state index is 11.5. The van der Waals surface area contributed by atoms with Gasteiger partial charge in [0.2, 0.25) is 0 Å². The van der Waals surface area contributed by atoms with Crippen LogP contribution in [0.3, 0.4) is 0 Å². The van der Waals surface area contributed by atoms with Gasteiger partial charge in [-0.3, -0.25) is 4.79 Å². The van der Waals surface area contributed by atoms with Crippen molar-refractivity contribution in [1.29, 1.82) is 0 Å². The summed E-state index contributed by atoms with van der Waals surface area (Å²) in [7, 11) is 0. The second-order valence-electron chi connectivity index (χ2n) is 4.06. The van der Waals surface area contributed by atoms with Gasteiger partial charge < -0.3 is 20.2 Å². The summed E-state index contributed by atoms with van der Waals surface area (Å²) in [6.45, 7) is 0.726. The van der Waals surface area contributed by atoms with Crippen LogP contribution >= 0.6 is 0 Å². The number of para-hydroxylation sites is 1. The average molecular weight is 273 g/mol. The molecule has 0 aliphatic carbocycles. The van der Waals surface area contributed by atoms with Crippen molar-refractivity contribution in [2.45, 2.75) is 6.54 Å². The van der Waals surface area contributed by atoms with Crippen LogP contribution < -0.4 is 16.0 Å². The summed E-state index contributed by atoms with van der Waals surface area (Å²) in [5, 5.41) is 11.7. The molecule has 2 aromatic rings. The first-order chi connectivity index (χ1) is 9.72. The van der Waals surface area contributed by atoms with E-state index in [0.717, 1.165) is 0 Å². The molecule has 0 aliphatic heterocycles. The van der Waals surface area contributed by atoms with E-state index in [1.165, 1.54) is 6.07 Å². The molecule has 0 spiro atoms. The topological polar surface area (TPSA) is 89.8 Å². The van der Waals surface area contributed by atoms with E-state index in [0.29, 0.717) is 24.5 Å². The van der Waals surface area contributed by atoms with Gasteiger partial charge in [0, 0.05) is 12.3 Å². The lowest BCUT2D eigenvalue weighted by Gasteiger charge is -2.11. The van der Waals surface area contributed by atoms with E-state index in [9.17, 15) is 4.79 Å². The maximum atomic E-state index is 11.5. The predicted octanol–water partition coefficient (Wildman–Crippen LogP) is 1.02. The smallest absolute Gasteiger partial charge is 0.250 e. The Morgan fingerprint density at radius 1 is 1.25 bits per heavy atom. The molecule has 1 aromatic carbocycles. The minimum Gasteiger partial charge on any atom is -0.491 e. The zero-order valence-corrected chi connectivity index (χ0v) is 10.8. The highest BCUT2D eigenvalue weighted by molar-refractivity contribution is 5.99. The molecule has 0 unspecified atom stereocenters. The van der Waals surface area contributed by atoms with Crippen molar-refractivity contribution in [2.24, 2.45) is 10.9 Å². The first-order valence-corrected chi connectivity index (χ1v) is 6.07. The van der Waals surface area contributed by atoms with Gasteiger partial charge in [0.05, 0.1) is 12.1 Å². The molecule has 0 atom stereocenters. The molecule has 0 amide bonds. The molecule has 0 bridgehead atoms. The summed E-state index contributed by atoms with van der Waals surface area (Å²) >= 11 is 0. The summed E-state index contributed by atoms with van der Waals surface area (Å²) < 4.78 is 7.14. The Kier molecular flexibility index (Phi) is 4.39. The molecule has 0 saturated heterocycles. The van der Waals surface area contributed by atoms with Gasteiger partial charge in [-0.2, -0.15) is 0 Å². The second-order valence-corrected chi connectivity index (χ2v) is 4.06. The van der Waals surface area contributed by atoms with Crippen LogP contribution in [0.15, 0.2) is 58.6 Å². The number of ether oxygens (including phenoxy) is 1. The molecule has 0 aliphatic rings. The third-order valence-corrected chi connectivity index (χ3v) is 2.76. The third-order valence-electron chi connectivity index (χ3n) is 2.76. The number of hydrogen-bond donors (Lipinski definition) is 2. The normalized spacial score (nSPS) is 11.3. The van der Waals surface area contributed by atoms with Crippen LogP contribution in [0, 0.1) is 0 Å². The summed E-state index contributed by atoms with van der Waals surface area (Å²) in [5.41, 5.74) is 5.99. The summed E-state index contributed by atoms with van der Waals surface area (Å²) in [6, 6.07) is 11.9. The standard InChI is InChI=1S/C14H15N3O3/c15-14(16-19)11-5-1-2-6-12(11)20-10-9-17-8-4-3-7-13(17)18/h1-8,19H,9-10H2,(H2,15,16). The number of benzene rings is 1. The van der Waals surface area contributed by atoms with Crippen LogP contribution in [-0.2, 0) is 6.54 Å². The Morgan fingerprint density at radius 3 is 2.75 bits per heavy atom. The Labute approximate surface area is 115 Å². The molecule has 0 fully saturated rings. The molecular formula is C14H15N3O3. The van der Waals surface area contributed by atoms with Gasteiger partial charge in [-0.25, -0.2) is 0 Å². The molecule has 1 heterocycles. The number of hydrogen-bond acceptors (Lipinski definition) is 4. The second kappa shape index (κ2) is 6.42. The Morgan fingerprint density at radius 2 is 2.00 bits per heavy atom. The minimum absolute atomic E-state index is 0.0162. The molecule has 2 rings (SSSR count). The Hall–Kier alpha value is -2.76. The fourth-order valence-electron chi connectivity index (χ4n) is 1.76. The van der Waals surface area contributed by atoms with Gasteiger partial charge in [0.15, 0.2) is 5.84 Å². The van der Waals surface area contributed by atoms with Gasteiger partial charge in [-0.05, 0) is 18.2 Å². The monoisotopic (exact) mass is 273 g/mol. The number of nitrogens with two attached hydrogens (primary N) is 1. The zero-order chi connectivity index (χ0) is 14.4. The van der Waals surface area contributed by atoms with Gasteiger partial charge >= 0.3 is 0 Å². The molecule has 6 nitrogen and oxygen atoms in total. The summed E-state index contributed by atoms with van der Waals surface area (Å²) in [4.78, 5) is 11.5. The van der Waals surface area contributed by atoms with E-state index in [2.05, 4.69) is 5.16 Å². The lowest BCUT2D eigenvalue weighted by molar-refractivity contribution is 0.294. The Balaban J connectivity index is 2.05. The lowest BCUT2D eigenvalue weighted by atomic mass is 10.2. The molecule has 0 radical (unpaired) electrons. The van der Waals surface area contributed by atoms with Gasteiger partial charge in [-0.1, -0.05) is 23.4 Å². The molecule has 20 heavy (non-hydrogen) atoms. The zero-order valence-electron chi connectivity index (χ0n) is 10.8. The predicted molar refractivity (Wildman–Crippen MR) is 75.1 cm³/mol. The van der Waals surface area contributed by atoms with Crippen LogP contribution in [-0.4, -0.2) is 22.2 Å². The first-order valence-electron chi connectivity index (χ1n) is 6.07. The van der Waals surface area contributed by atoms with Crippen LogP contribution in [0.2, 0.25) is 0 Å². The molecule has 104 valence electrons.